The summed E-state index contributed by atoms with van der Waals surface area (Å²) in [4.78, 5) is 2.27. The van der Waals surface area contributed by atoms with Gasteiger partial charge in [-0.3, -0.25) is 9.47 Å². The van der Waals surface area contributed by atoms with E-state index in [1.807, 2.05) is 6.07 Å². The summed E-state index contributed by atoms with van der Waals surface area (Å²) >= 11 is 6.29. The zero-order valence-corrected chi connectivity index (χ0v) is 17.7. The van der Waals surface area contributed by atoms with Crippen LogP contribution in [0.15, 0.2) is 48.5 Å². The Morgan fingerprint density at radius 2 is 1.93 bits per heavy atom. The van der Waals surface area contributed by atoms with Crippen LogP contribution in [0.2, 0.25) is 5.02 Å². The molecule has 0 spiro atoms. The van der Waals surface area contributed by atoms with Gasteiger partial charge in [0.15, 0.2) is 5.82 Å². The van der Waals surface area contributed by atoms with Crippen molar-refractivity contribution in [3.63, 3.8) is 0 Å². The van der Waals surface area contributed by atoms with E-state index in [0.717, 1.165) is 49.0 Å². The third kappa shape index (κ3) is 3.41. The summed E-state index contributed by atoms with van der Waals surface area (Å²) in [6, 6.07) is 14.8. The molecule has 2 aliphatic rings. The van der Waals surface area contributed by atoms with Gasteiger partial charge in [-0.15, -0.1) is 10.2 Å². The minimum Gasteiger partial charge on any atom is -0.295 e. The molecule has 148 valence electrons. The van der Waals surface area contributed by atoms with Crippen molar-refractivity contribution in [2.45, 2.75) is 45.2 Å². The first-order chi connectivity index (χ1) is 14.1. The Balaban J connectivity index is 1.51. The number of halogens is 1. The molecular formula is C24H25ClN4. The van der Waals surface area contributed by atoms with Crippen LogP contribution in [0, 0.1) is 6.92 Å². The lowest BCUT2D eigenvalue weighted by atomic mass is 9.85. The molecule has 0 amide bonds. The minimum atomic E-state index is 0.385. The molecule has 1 aliphatic carbocycles. The van der Waals surface area contributed by atoms with E-state index in [4.69, 9.17) is 11.6 Å². The minimum absolute atomic E-state index is 0.385. The fourth-order valence-corrected chi connectivity index (χ4v) is 4.89. The molecule has 29 heavy (non-hydrogen) atoms. The first kappa shape index (κ1) is 18.6. The Labute approximate surface area is 176 Å². The van der Waals surface area contributed by atoms with Crippen LogP contribution in [0.3, 0.4) is 0 Å². The molecule has 5 heteroatoms. The van der Waals surface area contributed by atoms with E-state index in [0.29, 0.717) is 5.92 Å². The molecule has 4 nitrogen and oxygen atoms in total. The molecule has 0 N–H and O–H groups in total. The summed E-state index contributed by atoms with van der Waals surface area (Å²) in [7, 11) is 2.12. The number of nitrogens with zero attached hydrogens (tertiary/aromatic N) is 4. The van der Waals surface area contributed by atoms with Gasteiger partial charge in [-0.2, -0.15) is 0 Å². The molecule has 0 saturated heterocycles. The highest BCUT2D eigenvalue weighted by atomic mass is 35.5. The lowest BCUT2D eigenvalue weighted by Crippen LogP contribution is -2.16. The summed E-state index contributed by atoms with van der Waals surface area (Å²) < 4.78 is 2.28. The van der Waals surface area contributed by atoms with E-state index in [-0.39, 0.29) is 0 Å². The van der Waals surface area contributed by atoms with Crippen LogP contribution in [0.1, 0.15) is 53.5 Å². The second-order valence-corrected chi connectivity index (χ2v) is 8.71. The van der Waals surface area contributed by atoms with Crippen molar-refractivity contribution >= 4 is 17.2 Å². The number of hydrogen-bond acceptors (Lipinski definition) is 3. The molecule has 0 unspecified atom stereocenters. The summed E-state index contributed by atoms with van der Waals surface area (Å²) in [5.74, 6) is 2.48. The van der Waals surface area contributed by atoms with Gasteiger partial charge in [-0.05, 0) is 73.7 Å². The second-order valence-electron chi connectivity index (χ2n) is 8.27. The normalized spacial score (nSPS) is 19.3. The molecule has 0 radical (unpaired) electrons. The van der Waals surface area contributed by atoms with Crippen LogP contribution in [0.25, 0.3) is 11.3 Å². The van der Waals surface area contributed by atoms with Crippen LogP contribution >= 0.6 is 11.6 Å². The fraction of sp³-hybridized carbons (Fsp3) is 0.333. The number of aryl methyl sites for hydroxylation is 1. The average molecular weight is 405 g/mol. The Hall–Kier alpha value is -2.43. The van der Waals surface area contributed by atoms with E-state index in [1.165, 1.54) is 28.0 Å². The fourth-order valence-electron chi connectivity index (χ4n) is 4.69. The van der Waals surface area contributed by atoms with E-state index in [1.54, 1.807) is 0 Å². The molecule has 1 aromatic heterocycles. The standard InChI is InChI=1S/C24H25ClN4/c1-16-5-3-4-6-21(16)17-7-9-18(10-8-17)24-27-26-23-15-28(2)14-19-13-20(25)11-12-22(19)29(23)24/h3-7,11-13,18H,8-10,14-15H2,1-2H3/t18-/m1/s1. The summed E-state index contributed by atoms with van der Waals surface area (Å²) in [5, 5.41) is 10.0. The van der Waals surface area contributed by atoms with Gasteiger partial charge in [-0.25, -0.2) is 0 Å². The maximum Gasteiger partial charge on any atom is 0.151 e. The Kier molecular flexibility index (Phi) is 4.76. The summed E-state index contributed by atoms with van der Waals surface area (Å²) in [6.45, 7) is 3.84. The molecule has 1 aliphatic heterocycles. The van der Waals surface area contributed by atoms with Crippen molar-refractivity contribution in [1.82, 2.24) is 19.7 Å². The van der Waals surface area contributed by atoms with Gasteiger partial charge >= 0.3 is 0 Å². The van der Waals surface area contributed by atoms with Gasteiger partial charge in [0.1, 0.15) is 5.82 Å². The topological polar surface area (TPSA) is 34.0 Å². The van der Waals surface area contributed by atoms with Crippen molar-refractivity contribution in [1.29, 1.82) is 0 Å². The smallest absolute Gasteiger partial charge is 0.151 e. The molecule has 2 heterocycles. The van der Waals surface area contributed by atoms with Crippen LogP contribution in [-0.4, -0.2) is 26.7 Å². The summed E-state index contributed by atoms with van der Waals surface area (Å²) in [5.41, 5.74) is 6.59. The molecular weight excluding hydrogens is 380 g/mol. The van der Waals surface area contributed by atoms with Gasteiger partial charge < -0.3 is 0 Å². The number of benzene rings is 2. The number of hydrogen-bond donors (Lipinski definition) is 0. The van der Waals surface area contributed by atoms with Gasteiger partial charge in [0.2, 0.25) is 0 Å². The highest BCUT2D eigenvalue weighted by molar-refractivity contribution is 6.30. The summed E-state index contributed by atoms with van der Waals surface area (Å²) in [6.07, 6.45) is 5.58. The Morgan fingerprint density at radius 1 is 1.07 bits per heavy atom. The second kappa shape index (κ2) is 7.43. The van der Waals surface area contributed by atoms with Crippen molar-refractivity contribution in [3.05, 3.63) is 81.9 Å². The van der Waals surface area contributed by atoms with Gasteiger partial charge in [0.25, 0.3) is 0 Å². The van der Waals surface area contributed by atoms with Crippen LogP contribution in [0.4, 0.5) is 0 Å². The Bertz CT molecular complexity index is 1100. The number of rotatable bonds is 2. The first-order valence-electron chi connectivity index (χ1n) is 10.3. The SMILES string of the molecule is Cc1ccccc1C1=CC[C@@H](c2nnc3n2-c2ccc(Cl)cc2CN(C)C3)CC1. The van der Waals surface area contributed by atoms with Crippen molar-refractivity contribution in [2.75, 3.05) is 7.05 Å². The van der Waals surface area contributed by atoms with Crippen molar-refractivity contribution in [2.24, 2.45) is 0 Å². The zero-order valence-electron chi connectivity index (χ0n) is 16.9. The molecule has 0 bridgehead atoms. The number of allylic oxidation sites excluding steroid dienone is 2. The van der Waals surface area contributed by atoms with Crippen molar-refractivity contribution in [3.8, 4) is 5.69 Å². The maximum atomic E-state index is 6.29. The van der Waals surface area contributed by atoms with Crippen LogP contribution in [-0.2, 0) is 13.1 Å². The van der Waals surface area contributed by atoms with Gasteiger partial charge in [0.05, 0.1) is 12.2 Å². The van der Waals surface area contributed by atoms with E-state index < -0.39 is 0 Å². The molecule has 3 aromatic rings. The molecule has 0 saturated carbocycles. The third-order valence-electron chi connectivity index (χ3n) is 6.16. The average Bonchev–Trinajstić information content (AvgIpc) is 3.06. The van der Waals surface area contributed by atoms with Gasteiger partial charge in [-0.1, -0.05) is 41.9 Å². The van der Waals surface area contributed by atoms with Gasteiger partial charge in [0, 0.05) is 17.5 Å². The van der Waals surface area contributed by atoms with E-state index in [2.05, 4.69) is 76.1 Å². The number of aromatic nitrogens is 3. The molecule has 0 fully saturated rings. The molecule has 5 rings (SSSR count). The van der Waals surface area contributed by atoms with E-state index in [9.17, 15) is 0 Å². The third-order valence-corrected chi connectivity index (χ3v) is 6.39. The molecule has 1 atom stereocenters. The lowest BCUT2D eigenvalue weighted by molar-refractivity contribution is 0.315. The molecule has 2 aromatic carbocycles. The zero-order chi connectivity index (χ0) is 20.0. The predicted octanol–water partition coefficient (Wildman–Crippen LogP) is 5.53. The predicted molar refractivity (Wildman–Crippen MR) is 117 cm³/mol. The highest BCUT2D eigenvalue weighted by Crippen LogP contribution is 2.38. The Morgan fingerprint density at radius 3 is 2.72 bits per heavy atom. The van der Waals surface area contributed by atoms with Crippen LogP contribution in [0.5, 0.6) is 0 Å². The first-order valence-corrected chi connectivity index (χ1v) is 10.6. The largest absolute Gasteiger partial charge is 0.295 e. The number of fused-ring (bicyclic) bond motifs is 3. The van der Waals surface area contributed by atoms with Crippen molar-refractivity contribution < 1.29 is 0 Å². The van der Waals surface area contributed by atoms with E-state index >= 15 is 0 Å². The maximum absolute atomic E-state index is 6.29. The quantitative estimate of drug-likeness (QED) is 0.563. The lowest BCUT2D eigenvalue weighted by Gasteiger charge is -2.23. The van der Waals surface area contributed by atoms with Crippen LogP contribution < -0.4 is 0 Å². The monoisotopic (exact) mass is 404 g/mol. The highest BCUT2D eigenvalue weighted by Gasteiger charge is 2.28.